The minimum absolute atomic E-state index is 0.536. The summed E-state index contributed by atoms with van der Waals surface area (Å²) in [6.45, 7) is 4.82. The average Bonchev–Trinajstić information content (AvgIpc) is 2.82. The van der Waals surface area contributed by atoms with E-state index >= 15 is 0 Å². The van der Waals surface area contributed by atoms with Crippen LogP contribution in [0, 0.1) is 5.92 Å². The van der Waals surface area contributed by atoms with Crippen LogP contribution in [-0.4, -0.2) is 55.8 Å². The predicted molar refractivity (Wildman–Crippen MR) is 86.1 cm³/mol. The molecule has 0 radical (unpaired) electrons. The van der Waals surface area contributed by atoms with Crippen molar-refractivity contribution < 1.29 is 0 Å². The average molecular weight is 278 g/mol. The van der Waals surface area contributed by atoms with Crippen LogP contribution in [-0.2, 0) is 0 Å². The molecule has 1 fully saturated rings. The van der Waals surface area contributed by atoms with E-state index in [9.17, 15) is 0 Å². The number of benzene rings is 1. The highest BCUT2D eigenvalue weighted by Gasteiger charge is 2.21. The minimum atomic E-state index is 0.536. The number of likely N-dealkylation sites (tertiary alicyclic amines) is 1. The van der Waals surface area contributed by atoms with E-state index in [1.165, 1.54) is 31.6 Å². The molecule has 0 amide bonds. The van der Waals surface area contributed by atoms with E-state index in [0.717, 1.165) is 18.2 Å². The summed E-state index contributed by atoms with van der Waals surface area (Å²) in [5, 5.41) is 0. The Bertz CT molecular complexity index is 368. The molecular weight excluding hydrogens is 252 g/mol. The Labute approximate surface area is 123 Å². The smallest absolute Gasteiger partial charge is 0.00552 e. The van der Waals surface area contributed by atoms with Crippen molar-refractivity contribution in [2.75, 3.05) is 46.0 Å². The van der Waals surface area contributed by atoms with Gasteiger partial charge in [-0.3, -0.25) is 0 Å². The molecule has 2 atom stereocenters. The molecule has 0 spiro atoms. The Morgan fingerprint density at radius 2 is 2.11 bits per heavy atom. The van der Waals surface area contributed by atoms with Crippen molar-refractivity contribution in [3.05, 3.63) is 35.9 Å². The van der Waals surface area contributed by atoms with Crippen molar-refractivity contribution in [1.82, 2.24) is 9.80 Å². The maximum absolute atomic E-state index is 4.53. The molecule has 2 nitrogen and oxygen atoms in total. The Balaban J connectivity index is 1.84. The molecular formula is C16H26N2S. The van der Waals surface area contributed by atoms with E-state index in [0.29, 0.717) is 5.92 Å². The maximum Gasteiger partial charge on any atom is 0.00552 e. The highest BCUT2D eigenvalue weighted by Crippen LogP contribution is 2.20. The number of hydrogen-bond donors (Lipinski definition) is 1. The zero-order chi connectivity index (χ0) is 13.7. The molecule has 1 saturated heterocycles. The second-order valence-corrected chi connectivity index (χ2v) is 6.29. The summed E-state index contributed by atoms with van der Waals surface area (Å²) in [6, 6.07) is 10.8. The fraction of sp³-hybridized carbons (Fsp3) is 0.625. The number of likely N-dealkylation sites (N-methyl/N-ethyl adjacent to an activating group) is 1. The summed E-state index contributed by atoms with van der Waals surface area (Å²) in [7, 11) is 4.47. The lowest BCUT2D eigenvalue weighted by Gasteiger charge is -2.25. The molecule has 0 aromatic heterocycles. The lowest BCUT2D eigenvalue weighted by molar-refractivity contribution is 0.264. The van der Waals surface area contributed by atoms with Crippen LogP contribution in [0.15, 0.2) is 30.3 Å². The van der Waals surface area contributed by atoms with Gasteiger partial charge in [-0.1, -0.05) is 30.3 Å². The topological polar surface area (TPSA) is 6.48 Å². The van der Waals surface area contributed by atoms with Gasteiger partial charge >= 0.3 is 0 Å². The quantitative estimate of drug-likeness (QED) is 0.799. The second-order valence-electron chi connectivity index (χ2n) is 5.93. The van der Waals surface area contributed by atoms with Crippen molar-refractivity contribution >= 4 is 12.6 Å². The van der Waals surface area contributed by atoms with Gasteiger partial charge in [0.05, 0.1) is 0 Å². The molecule has 19 heavy (non-hydrogen) atoms. The first-order chi connectivity index (χ1) is 9.19. The molecule has 0 aliphatic carbocycles. The molecule has 0 N–H and O–H groups in total. The molecule has 1 aliphatic rings. The van der Waals surface area contributed by atoms with Gasteiger partial charge in [0.2, 0.25) is 0 Å². The maximum atomic E-state index is 4.53. The summed E-state index contributed by atoms with van der Waals surface area (Å²) in [6.07, 6.45) is 1.34. The van der Waals surface area contributed by atoms with Gasteiger partial charge in [-0.05, 0) is 44.3 Å². The minimum Gasteiger partial charge on any atom is -0.306 e. The highest BCUT2D eigenvalue weighted by atomic mass is 32.1. The van der Waals surface area contributed by atoms with Crippen molar-refractivity contribution in [3.63, 3.8) is 0 Å². The monoisotopic (exact) mass is 278 g/mol. The molecule has 3 heteroatoms. The Morgan fingerprint density at radius 1 is 1.37 bits per heavy atom. The molecule has 2 rings (SSSR count). The zero-order valence-electron chi connectivity index (χ0n) is 12.1. The van der Waals surface area contributed by atoms with Gasteiger partial charge in [-0.15, -0.1) is 0 Å². The first kappa shape index (κ1) is 14.9. The fourth-order valence-corrected chi connectivity index (χ4v) is 3.39. The highest BCUT2D eigenvalue weighted by molar-refractivity contribution is 7.80. The standard InChI is InChI=1S/C16H26N2S/c1-17-9-8-14(10-17)11-18(2)12-16(13-19)15-6-4-3-5-7-15/h3-7,14,16,19H,8-13H2,1-2H3. The first-order valence-electron chi connectivity index (χ1n) is 7.22. The third-order valence-electron chi connectivity index (χ3n) is 4.08. The van der Waals surface area contributed by atoms with Crippen LogP contribution in [0.2, 0.25) is 0 Å². The van der Waals surface area contributed by atoms with Gasteiger partial charge in [-0.2, -0.15) is 12.6 Å². The number of thiol groups is 1. The van der Waals surface area contributed by atoms with Crippen molar-refractivity contribution in [1.29, 1.82) is 0 Å². The van der Waals surface area contributed by atoms with Crippen LogP contribution in [0.1, 0.15) is 17.9 Å². The van der Waals surface area contributed by atoms with E-state index in [1.807, 2.05) is 0 Å². The number of rotatable bonds is 6. The lowest BCUT2D eigenvalue weighted by Crippen LogP contribution is -2.31. The van der Waals surface area contributed by atoms with Crippen LogP contribution in [0.5, 0.6) is 0 Å². The van der Waals surface area contributed by atoms with E-state index in [4.69, 9.17) is 0 Å². The molecule has 2 unspecified atom stereocenters. The van der Waals surface area contributed by atoms with Crippen LogP contribution in [0.3, 0.4) is 0 Å². The Hall–Kier alpha value is -0.510. The van der Waals surface area contributed by atoms with Gasteiger partial charge in [0.15, 0.2) is 0 Å². The van der Waals surface area contributed by atoms with E-state index in [-0.39, 0.29) is 0 Å². The largest absolute Gasteiger partial charge is 0.306 e. The number of hydrogen-bond acceptors (Lipinski definition) is 3. The molecule has 1 aromatic carbocycles. The van der Waals surface area contributed by atoms with Crippen molar-refractivity contribution in [3.8, 4) is 0 Å². The van der Waals surface area contributed by atoms with Crippen molar-refractivity contribution in [2.24, 2.45) is 5.92 Å². The predicted octanol–water partition coefficient (Wildman–Crippen LogP) is 2.58. The molecule has 1 aromatic rings. The van der Waals surface area contributed by atoms with Gasteiger partial charge < -0.3 is 9.80 Å². The molecule has 1 heterocycles. The summed E-state index contributed by atoms with van der Waals surface area (Å²) < 4.78 is 0. The third kappa shape index (κ3) is 4.51. The van der Waals surface area contributed by atoms with Crippen LogP contribution in [0.25, 0.3) is 0 Å². The van der Waals surface area contributed by atoms with E-state index in [1.54, 1.807) is 0 Å². The van der Waals surface area contributed by atoms with Crippen molar-refractivity contribution in [2.45, 2.75) is 12.3 Å². The van der Waals surface area contributed by atoms with Crippen LogP contribution in [0.4, 0.5) is 0 Å². The van der Waals surface area contributed by atoms with Gasteiger partial charge in [0.1, 0.15) is 0 Å². The Kier molecular flexibility index (Phi) is 5.74. The van der Waals surface area contributed by atoms with Gasteiger partial charge in [0.25, 0.3) is 0 Å². The summed E-state index contributed by atoms with van der Waals surface area (Å²) in [5.41, 5.74) is 1.41. The molecule has 0 bridgehead atoms. The SMILES string of the molecule is CN1CCC(CN(C)CC(CS)c2ccccc2)C1. The zero-order valence-corrected chi connectivity index (χ0v) is 13.0. The first-order valence-corrected chi connectivity index (χ1v) is 7.85. The molecule has 1 aliphatic heterocycles. The van der Waals surface area contributed by atoms with Crippen LogP contribution >= 0.6 is 12.6 Å². The lowest BCUT2D eigenvalue weighted by atomic mass is 10.00. The molecule has 0 saturated carbocycles. The third-order valence-corrected chi connectivity index (χ3v) is 4.52. The van der Waals surface area contributed by atoms with E-state index in [2.05, 4.69) is 66.9 Å². The van der Waals surface area contributed by atoms with Gasteiger partial charge in [0, 0.05) is 25.6 Å². The Morgan fingerprint density at radius 3 is 2.68 bits per heavy atom. The summed E-state index contributed by atoms with van der Waals surface area (Å²) in [4.78, 5) is 4.92. The summed E-state index contributed by atoms with van der Waals surface area (Å²) in [5.74, 6) is 2.29. The van der Waals surface area contributed by atoms with E-state index < -0.39 is 0 Å². The molecule has 106 valence electrons. The summed E-state index contributed by atoms with van der Waals surface area (Å²) >= 11 is 4.53. The second kappa shape index (κ2) is 7.32. The number of nitrogens with zero attached hydrogens (tertiary/aromatic N) is 2. The normalized spacial score (nSPS) is 22.0. The van der Waals surface area contributed by atoms with Gasteiger partial charge in [-0.25, -0.2) is 0 Å². The van der Waals surface area contributed by atoms with Crippen LogP contribution < -0.4 is 0 Å². The fourth-order valence-electron chi connectivity index (χ4n) is 3.06.